The molecule has 10 N–H and O–H groups in total. The summed E-state index contributed by atoms with van der Waals surface area (Å²) < 4.78 is 0. The number of aliphatic carboxylic acids is 4. The van der Waals surface area contributed by atoms with E-state index in [1.54, 1.807) is 0 Å². The largest absolute Gasteiger partial charge is 0.481 e. The molecule has 0 bridgehead atoms. The van der Waals surface area contributed by atoms with Gasteiger partial charge in [0.25, 0.3) is 5.97 Å². The van der Waals surface area contributed by atoms with Gasteiger partial charge >= 0.3 is 17.9 Å². The monoisotopic (exact) mass is 285 g/mol. The number of carboxylic acids is 4. The van der Waals surface area contributed by atoms with Crippen molar-refractivity contribution in [3.8, 4) is 0 Å². The smallest absolute Gasteiger partial charge is 0.317 e. The summed E-state index contributed by atoms with van der Waals surface area (Å²) in [5.41, 5.74) is 13.7. The molecular formula is C8H19N3O8. The maximum Gasteiger partial charge on any atom is 0.317 e. The normalized spacial score (nSPS) is 7.16. The lowest BCUT2D eigenvalue weighted by Gasteiger charge is -1.73. The van der Waals surface area contributed by atoms with E-state index < -0.39 is 23.9 Å². The van der Waals surface area contributed by atoms with E-state index in [0.29, 0.717) is 0 Å². The Kier molecular flexibility index (Phi) is 28.4. The highest BCUT2D eigenvalue weighted by molar-refractivity contribution is 5.69. The molecule has 0 aromatic rings. The highest BCUT2D eigenvalue weighted by Crippen LogP contribution is 1.44. The molecule has 11 heteroatoms. The lowest BCUT2D eigenvalue weighted by Crippen LogP contribution is -2.10. The first-order valence-electron chi connectivity index (χ1n) is 4.50. The number of carbonyl (C=O) groups is 4. The molecule has 0 heterocycles. The summed E-state index contributed by atoms with van der Waals surface area (Å²) >= 11 is 0. The second-order valence-corrected chi connectivity index (χ2v) is 2.31. The van der Waals surface area contributed by atoms with Gasteiger partial charge in [0.2, 0.25) is 0 Å². The van der Waals surface area contributed by atoms with Crippen molar-refractivity contribution in [2.24, 2.45) is 17.2 Å². The van der Waals surface area contributed by atoms with Gasteiger partial charge in [-0.1, -0.05) is 0 Å². The van der Waals surface area contributed by atoms with E-state index in [2.05, 4.69) is 17.2 Å². The number of hydrogen-bond acceptors (Lipinski definition) is 7. The van der Waals surface area contributed by atoms with Crippen molar-refractivity contribution >= 4 is 23.9 Å². The molecule has 19 heavy (non-hydrogen) atoms. The van der Waals surface area contributed by atoms with Crippen LogP contribution in [0.5, 0.6) is 0 Å². The molecule has 0 amide bonds. The van der Waals surface area contributed by atoms with E-state index in [-0.39, 0.29) is 19.6 Å². The Labute approximate surface area is 108 Å². The Bertz CT molecular complexity index is 231. The van der Waals surface area contributed by atoms with Crippen molar-refractivity contribution in [2.45, 2.75) is 6.92 Å². The van der Waals surface area contributed by atoms with E-state index in [4.69, 9.17) is 25.2 Å². The number of rotatable bonds is 3. The van der Waals surface area contributed by atoms with E-state index >= 15 is 0 Å². The van der Waals surface area contributed by atoms with Crippen molar-refractivity contribution in [1.29, 1.82) is 0 Å². The summed E-state index contributed by atoms with van der Waals surface area (Å²) in [4.78, 5) is 36.7. The molecule has 0 fully saturated rings. The zero-order valence-electron chi connectivity index (χ0n) is 10.3. The number of hydrogen-bond donors (Lipinski definition) is 7. The van der Waals surface area contributed by atoms with Crippen LogP contribution in [0.2, 0.25) is 0 Å². The third-order valence-electron chi connectivity index (χ3n) is 0.524. The minimum absolute atomic E-state index is 0.278. The van der Waals surface area contributed by atoms with Gasteiger partial charge < -0.3 is 37.6 Å². The van der Waals surface area contributed by atoms with Crippen LogP contribution in [0.3, 0.4) is 0 Å². The summed E-state index contributed by atoms with van der Waals surface area (Å²) in [6.07, 6.45) is 0. The number of carboxylic acid groups (broad SMARTS) is 4. The molecule has 0 unspecified atom stereocenters. The minimum Gasteiger partial charge on any atom is -0.481 e. The predicted octanol–water partition coefficient (Wildman–Crippen LogP) is -2.82. The van der Waals surface area contributed by atoms with Crippen LogP contribution in [0.25, 0.3) is 0 Å². The Morgan fingerprint density at radius 2 is 0.737 bits per heavy atom. The highest BCUT2D eigenvalue weighted by Gasteiger charge is 1.81. The van der Waals surface area contributed by atoms with Crippen molar-refractivity contribution in [2.75, 3.05) is 19.6 Å². The molecule has 0 atom stereocenters. The van der Waals surface area contributed by atoms with Crippen LogP contribution in [0, 0.1) is 0 Å². The molecule has 0 saturated heterocycles. The Balaban J connectivity index is -0.0000000793. The van der Waals surface area contributed by atoms with Crippen LogP contribution in [0.1, 0.15) is 6.92 Å². The quantitative estimate of drug-likeness (QED) is 0.279. The van der Waals surface area contributed by atoms with Gasteiger partial charge in [-0.25, -0.2) is 0 Å². The lowest BCUT2D eigenvalue weighted by atomic mass is 10.7. The molecule has 11 nitrogen and oxygen atoms in total. The molecule has 0 spiro atoms. The standard InChI is InChI=1S/3C2H5NO2.C2H4O2/c3*3-1-2(4)5;1-2(3)4/h3*1,3H2,(H,4,5);1H3,(H,3,4). The van der Waals surface area contributed by atoms with Crippen molar-refractivity contribution < 1.29 is 39.6 Å². The maximum atomic E-state index is 9.24. The Hall–Kier alpha value is -2.24. The van der Waals surface area contributed by atoms with Crippen LogP contribution >= 0.6 is 0 Å². The topological polar surface area (TPSA) is 227 Å². The predicted molar refractivity (Wildman–Crippen MR) is 63.4 cm³/mol. The van der Waals surface area contributed by atoms with Gasteiger partial charge in [-0.2, -0.15) is 0 Å². The molecule has 0 rings (SSSR count). The summed E-state index contributed by atoms with van der Waals surface area (Å²) in [6, 6.07) is 0. The van der Waals surface area contributed by atoms with Crippen molar-refractivity contribution in [3.63, 3.8) is 0 Å². The van der Waals surface area contributed by atoms with Crippen LogP contribution in [0.4, 0.5) is 0 Å². The third kappa shape index (κ3) is 211. The molecule has 0 aliphatic heterocycles. The first kappa shape index (κ1) is 25.6. The van der Waals surface area contributed by atoms with Crippen molar-refractivity contribution in [3.05, 3.63) is 0 Å². The Morgan fingerprint density at radius 3 is 0.737 bits per heavy atom. The second kappa shape index (κ2) is 21.1. The van der Waals surface area contributed by atoms with Gasteiger partial charge in [0.05, 0.1) is 19.6 Å². The molecule has 0 saturated carbocycles. The van der Waals surface area contributed by atoms with Crippen LogP contribution in [-0.2, 0) is 19.2 Å². The van der Waals surface area contributed by atoms with Crippen LogP contribution in [0.15, 0.2) is 0 Å². The minimum atomic E-state index is -0.968. The molecular weight excluding hydrogens is 266 g/mol. The van der Waals surface area contributed by atoms with E-state index in [1.807, 2.05) is 0 Å². The number of nitrogens with two attached hydrogens (primary N) is 3. The van der Waals surface area contributed by atoms with E-state index in [1.165, 1.54) is 0 Å². The summed E-state index contributed by atoms with van der Waals surface area (Å²) in [6.45, 7) is 0.250. The zero-order valence-corrected chi connectivity index (χ0v) is 10.3. The molecule has 0 aromatic heterocycles. The highest BCUT2D eigenvalue weighted by atomic mass is 16.4. The average molecular weight is 285 g/mol. The van der Waals surface area contributed by atoms with Gasteiger partial charge in [0.1, 0.15) is 0 Å². The van der Waals surface area contributed by atoms with Gasteiger partial charge in [-0.15, -0.1) is 0 Å². The second-order valence-electron chi connectivity index (χ2n) is 2.31. The lowest BCUT2D eigenvalue weighted by molar-refractivity contribution is -0.136. The molecule has 0 aliphatic rings. The Morgan fingerprint density at radius 1 is 0.684 bits per heavy atom. The average Bonchev–Trinajstić information content (AvgIpc) is 2.29. The third-order valence-corrected chi connectivity index (χ3v) is 0.524. The van der Waals surface area contributed by atoms with Gasteiger partial charge in [0.15, 0.2) is 0 Å². The molecule has 0 radical (unpaired) electrons. The van der Waals surface area contributed by atoms with Gasteiger partial charge in [-0.05, 0) is 0 Å². The summed E-state index contributed by atoms with van der Waals surface area (Å²) in [5.74, 6) is -3.74. The van der Waals surface area contributed by atoms with E-state index in [0.717, 1.165) is 6.92 Å². The summed E-state index contributed by atoms with van der Waals surface area (Å²) in [7, 11) is 0. The van der Waals surface area contributed by atoms with Gasteiger partial charge in [-0.3, -0.25) is 19.2 Å². The molecule has 0 aliphatic carbocycles. The fourth-order valence-electron chi connectivity index (χ4n) is 0. The van der Waals surface area contributed by atoms with Gasteiger partial charge in [0, 0.05) is 6.92 Å². The van der Waals surface area contributed by atoms with Crippen molar-refractivity contribution in [1.82, 2.24) is 0 Å². The van der Waals surface area contributed by atoms with Crippen LogP contribution in [-0.4, -0.2) is 63.9 Å². The SMILES string of the molecule is CC(=O)O.NCC(=O)O.NCC(=O)O.NCC(=O)O. The van der Waals surface area contributed by atoms with Crippen LogP contribution < -0.4 is 17.2 Å². The summed E-state index contributed by atoms with van der Waals surface area (Å²) in [5, 5.41) is 30.2. The maximum absolute atomic E-state index is 9.24. The fourth-order valence-corrected chi connectivity index (χ4v) is 0. The zero-order chi connectivity index (χ0) is 16.4. The van der Waals surface area contributed by atoms with E-state index in [9.17, 15) is 14.4 Å². The first-order chi connectivity index (χ1) is 8.54. The fraction of sp³-hybridized carbons (Fsp3) is 0.500. The molecule has 0 aromatic carbocycles. The molecule has 114 valence electrons. The first-order valence-corrected chi connectivity index (χ1v) is 4.50.